The van der Waals surface area contributed by atoms with E-state index < -0.39 is 0 Å². The highest BCUT2D eigenvalue weighted by Gasteiger charge is 2.24. The molecule has 6 heteroatoms. The topological polar surface area (TPSA) is 51.7 Å². The molecule has 1 atom stereocenters. The van der Waals surface area contributed by atoms with Gasteiger partial charge in [0.05, 0.1) is 6.10 Å². The van der Waals surface area contributed by atoms with Crippen LogP contribution < -0.4 is 4.74 Å². The van der Waals surface area contributed by atoms with Gasteiger partial charge in [-0.3, -0.25) is 9.78 Å². The fourth-order valence-electron chi connectivity index (χ4n) is 4.47. The van der Waals surface area contributed by atoms with Crippen LogP contribution in [0.25, 0.3) is 11.1 Å². The van der Waals surface area contributed by atoms with E-state index in [1.54, 1.807) is 30.6 Å². The summed E-state index contributed by atoms with van der Waals surface area (Å²) < 4.78 is 25.3. The van der Waals surface area contributed by atoms with Crippen LogP contribution in [0.5, 0.6) is 5.75 Å². The van der Waals surface area contributed by atoms with E-state index in [-0.39, 0.29) is 17.8 Å². The zero-order chi connectivity index (χ0) is 25.5. The summed E-state index contributed by atoms with van der Waals surface area (Å²) in [6, 6.07) is 25.5. The maximum atomic E-state index is 13.6. The number of benzene rings is 3. The summed E-state index contributed by atoms with van der Waals surface area (Å²) in [5.74, 6) is 0.421. The summed E-state index contributed by atoms with van der Waals surface area (Å²) >= 11 is 0. The monoisotopic (exact) mass is 496 g/mol. The molecule has 0 spiro atoms. The number of carbonyl (C=O) groups excluding carboxylic acids is 1. The quantitative estimate of drug-likeness (QED) is 0.273. The van der Waals surface area contributed by atoms with Crippen molar-refractivity contribution in [1.82, 2.24) is 9.88 Å². The molecule has 0 N–H and O–H groups in total. The third-order valence-electron chi connectivity index (χ3n) is 6.45. The van der Waals surface area contributed by atoms with E-state index in [4.69, 9.17) is 9.47 Å². The number of nitrogens with zero attached hydrogens (tertiary/aromatic N) is 2. The van der Waals surface area contributed by atoms with Gasteiger partial charge >= 0.3 is 0 Å². The molecule has 5 rings (SSSR count). The Morgan fingerprint density at radius 3 is 2.51 bits per heavy atom. The molecule has 2 heterocycles. The summed E-state index contributed by atoms with van der Waals surface area (Å²) in [5.41, 5.74) is 4.25. The number of aromatic nitrogens is 1. The Labute approximate surface area is 216 Å². The van der Waals surface area contributed by atoms with Crippen molar-refractivity contribution in [3.63, 3.8) is 0 Å². The highest BCUT2D eigenvalue weighted by molar-refractivity contribution is 5.94. The standard InChI is InChI=1S/C31H29FN2O3/c32-28-6-1-5-27(18-28)25-10-12-26(13-11-25)31(35)34(21-30-7-3-17-36-30)20-23-8-14-29(15-9-23)37-22-24-4-2-16-33-19-24/h1-2,4-6,8-16,18-19,30H,3,7,17,20-22H2. The minimum atomic E-state index is -0.283. The normalized spacial score (nSPS) is 14.9. The molecule has 1 aromatic heterocycles. The number of hydrogen-bond acceptors (Lipinski definition) is 4. The molecular weight excluding hydrogens is 467 g/mol. The largest absolute Gasteiger partial charge is 0.489 e. The first-order valence-corrected chi connectivity index (χ1v) is 12.5. The van der Waals surface area contributed by atoms with Gasteiger partial charge in [-0.1, -0.05) is 42.5 Å². The van der Waals surface area contributed by atoms with Crippen molar-refractivity contribution in [1.29, 1.82) is 0 Å². The number of pyridine rings is 1. The second-order valence-electron chi connectivity index (χ2n) is 9.20. The molecule has 1 unspecified atom stereocenters. The average molecular weight is 497 g/mol. The highest BCUT2D eigenvalue weighted by Crippen LogP contribution is 2.23. The molecule has 0 aliphatic carbocycles. The molecule has 1 aliphatic heterocycles. The molecule has 1 amide bonds. The Morgan fingerprint density at radius 2 is 1.81 bits per heavy atom. The second-order valence-corrected chi connectivity index (χ2v) is 9.20. The summed E-state index contributed by atoms with van der Waals surface area (Å²) in [6.07, 6.45) is 5.52. The summed E-state index contributed by atoms with van der Waals surface area (Å²) in [4.78, 5) is 19.5. The minimum Gasteiger partial charge on any atom is -0.489 e. The smallest absolute Gasteiger partial charge is 0.254 e. The maximum Gasteiger partial charge on any atom is 0.254 e. The third kappa shape index (κ3) is 6.60. The minimum absolute atomic E-state index is 0.0394. The lowest BCUT2D eigenvalue weighted by Crippen LogP contribution is -2.37. The van der Waals surface area contributed by atoms with Gasteiger partial charge in [0.1, 0.15) is 18.2 Å². The summed E-state index contributed by atoms with van der Waals surface area (Å²) in [7, 11) is 0. The van der Waals surface area contributed by atoms with Crippen LogP contribution in [0.2, 0.25) is 0 Å². The maximum absolute atomic E-state index is 13.6. The van der Waals surface area contributed by atoms with Gasteiger partial charge in [-0.2, -0.15) is 0 Å². The number of hydrogen-bond donors (Lipinski definition) is 0. The molecule has 5 nitrogen and oxygen atoms in total. The Bertz CT molecular complexity index is 1300. The molecule has 1 aliphatic rings. The lowest BCUT2D eigenvalue weighted by Gasteiger charge is -2.26. The molecule has 37 heavy (non-hydrogen) atoms. The van der Waals surface area contributed by atoms with Crippen LogP contribution in [0.1, 0.15) is 34.3 Å². The molecule has 0 radical (unpaired) electrons. The van der Waals surface area contributed by atoms with Crippen molar-refractivity contribution < 1.29 is 18.7 Å². The van der Waals surface area contributed by atoms with Crippen molar-refractivity contribution in [2.24, 2.45) is 0 Å². The second kappa shape index (κ2) is 11.8. The van der Waals surface area contributed by atoms with Crippen LogP contribution >= 0.6 is 0 Å². The first kappa shape index (κ1) is 24.7. The lowest BCUT2D eigenvalue weighted by molar-refractivity contribution is 0.0507. The number of carbonyl (C=O) groups is 1. The molecule has 0 bridgehead atoms. The first-order chi connectivity index (χ1) is 18.1. The number of ether oxygens (including phenoxy) is 2. The summed E-state index contributed by atoms with van der Waals surface area (Å²) in [5, 5.41) is 0. The average Bonchev–Trinajstić information content (AvgIpc) is 3.46. The zero-order valence-electron chi connectivity index (χ0n) is 20.6. The Morgan fingerprint density at radius 1 is 0.973 bits per heavy atom. The van der Waals surface area contributed by atoms with Crippen molar-refractivity contribution in [2.75, 3.05) is 13.2 Å². The van der Waals surface area contributed by atoms with Crippen LogP contribution in [0.3, 0.4) is 0 Å². The molecule has 4 aromatic rings. The zero-order valence-corrected chi connectivity index (χ0v) is 20.6. The van der Waals surface area contributed by atoms with Crippen molar-refractivity contribution in [3.05, 3.63) is 120 Å². The number of halogens is 1. The Balaban J connectivity index is 1.28. The van der Waals surface area contributed by atoms with Gasteiger partial charge in [0.15, 0.2) is 0 Å². The number of amides is 1. The van der Waals surface area contributed by atoms with Crippen molar-refractivity contribution in [3.8, 4) is 16.9 Å². The Kier molecular flexibility index (Phi) is 7.87. The van der Waals surface area contributed by atoms with E-state index >= 15 is 0 Å². The first-order valence-electron chi connectivity index (χ1n) is 12.5. The molecule has 0 saturated carbocycles. The molecule has 3 aromatic carbocycles. The van der Waals surface area contributed by atoms with E-state index in [0.29, 0.717) is 25.3 Å². The molecular formula is C31H29FN2O3. The van der Waals surface area contributed by atoms with Crippen LogP contribution in [0.15, 0.2) is 97.3 Å². The van der Waals surface area contributed by atoms with Gasteiger partial charge in [-0.15, -0.1) is 0 Å². The lowest BCUT2D eigenvalue weighted by atomic mass is 10.0. The van der Waals surface area contributed by atoms with Gasteiger partial charge in [0.2, 0.25) is 0 Å². The van der Waals surface area contributed by atoms with Crippen molar-refractivity contribution >= 4 is 5.91 Å². The van der Waals surface area contributed by atoms with Crippen LogP contribution in [0, 0.1) is 5.82 Å². The van der Waals surface area contributed by atoms with E-state index in [0.717, 1.165) is 47.5 Å². The van der Waals surface area contributed by atoms with Gasteiger partial charge in [0.25, 0.3) is 5.91 Å². The molecule has 188 valence electrons. The van der Waals surface area contributed by atoms with Crippen LogP contribution in [-0.4, -0.2) is 35.0 Å². The fourth-order valence-corrected chi connectivity index (χ4v) is 4.47. The molecule has 1 saturated heterocycles. The number of rotatable bonds is 9. The van der Waals surface area contributed by atoms with Crippen LogP contribution in [-0.2, 0) is 17.9 Å². The van der Waals surface area contributed by atoms with Crippen LogP contribution in [0.4, 0.5) is 4.39 Å². The fraction of sp³-hybridized carbons (Fsp3) is 0.226. The van der Waals surface area contributed by atoms with Gasteiger partial charge in [0, 0.05) is 43.2 Å². The van der Waals surface area contributed by atoms with E-state index in [1.807, 2.05) is 59.5 Å². The van der Waals surface area contributed by atoms with Gasteiger partial charge in [-0.05, 0) is 72.0 Å². The van der Waals surface area contributed by atoms with Gasteiger partial charge < -0.3 is 14.4 Å². The summed E-state index contributed by atoms with van der Waals surface area (Å²) in [6.45, 7) is 2.18. The molecule has 1 fully saturated rings. The highest BCUT2D eigenvalue weighted by atomic mass is 19.1. The van der Waals surface area contributed by atoms with Gasteiger partial charge in [-0.25, -0.2) is 4.39 Å². The van der Waals surface area contributed by atoms with Crippen molar-refractivity contribution in [2.45, 2.75) is 32.1 Å². The Hall–Kier alpha value is -4.03. The predicted molar refractivity (Wildman–Crippen MR) is 141 cm³/mol. The van der Waals surface area contributed by atoms with E-state index in [9.17, 15) is 9.18 Å². The van der Waals surface area contributed by atoms with E-state index in [1.165, 1.54) is 12.1 Å². The third-order valence-corrected chi connectivity index (χ3v) is 6.45. The predicted octanol–water partition coefficient (Wildman–Crippen LogP) is 6.29. The van der Waals surface area contributed by atoms with E-state index in [2.05, 4.69) is 4.98 Å². The SMILES string of the molecule is O=C(c1ccc(-c2cccc(F)c2)cc1)N(Cc1ccc(OCc2cccnc2)cc1)CC1CCCO1.